The number of aliphatic hydroxyl groups is 1. The van der Waals surface area contributed by atoms with Crippen molar-refractivity contribution in [3.05, 3.63) is 35.4 Å². The predicted octanol–water partition coefficient (Wildman–Crippen LogP) is 2.59. The number of amides is 2. The minimum absolute atomic E-state index is 0.0773. The van der Waals surface area contributed by atoms with Crippen molar-refractivity contribution in [3.8, 4) is 0 Å². The quantitative estimate of drug-likeness (QED) is 0.850. The molecule has 0 aliphatic carbocycles. The molecule has 5 heteroatoms. The maximum absolute atomic E-state index is 12.6. The summed E-state index contributed by atoms with van der Waals surface area (Å²) in [7, 11) is 0. The number of nitrogens with zero attached hydrogens (tertiary/aromatic N) is 2. The topological polar surface area (TPSA) is 55.8 Å². The molecule has 2 aliphatic heterocycles. The van der Waals surface area contributed by atoms with E-state index in [4.69, 9.17) is 0 Å². The summed E-state index contributed by atoms with van der Waals surface area (Å²) in [4.78, 5) is 16.9. The molecule has 2 heterocycles. The molecule has 1 aromatic rings. The van der Waals surface area contributed by atoms with Crippen molar-refractivity contribution in [3.63, 3.8) is 0 Å². The first kappa shape index (κ1) is 19.2. The second-order valence-electron chi connectivity index (χ2n) is 7.84. The summed E-state index contributed by atoms with van der Waals surface area (Å²) in [6.45, 7) is 7.80. The Balaban J connectivity index is 1.42. The van der Waals surface area contributed by atoms with E-state index in [-0.39, 0.29) is 6.03 Å². The van der Waals surface area contributed by atoms with Crippen LogP contribution in [-0.2, 0) is 0 Å². The SMILES string of the molecule is Cc1ccccc1[C@@H]1CCCN(C(=O)NCCN2CCC(CO)CC2)C1. The molecule has 0 aromatic heterocycles. The van der Waals surface area contributed by atoms with Crippen LogP contribution in [0.25, 0.3) is 0 Å². The van der Waals surface area contributed by atoms with Crippen molar-refractivity contribution in [2.45, 2.75) is 38.5 Å². The van der Waals surface area contributed by atoms with Crippen molar-refractivity contribution in [2.75, 3.05) is 45.9 Å². The third-order valence-corrected chi connectivity index (χ3v) is 6.01. The van der Waals surface area contributed by atoms with Gasteiger partial charge in [0.1, 0.15) is 0 Å². The van der Waals surface area contributed by atoms with Gasteiger partial charge in [0.05, 0.1) is 0 Å². The summed E-state index contributed by atoms with van der Waals surface area (Å²) >= 11 is 0. The van der Waals surface area contributed by atoms with Gasteiger partial charge in [0, 0.05) is 38.7 Å². The number of rotatable bonds is 5. The minimum atomic E-state index is 0.0773. The number of nitrogens with one attached hydrogen (secondary N) is 1. The third kappa shape index (κ3) is 4.98. The first-order valence-corrected chi connectivity index (χ1v) is 10.1. The summed E-state index contributed by atoms with van der Waals surface area (Å²) in [5.74, 6) is 0.917. The lowest BCUT2D eigenvalue weighted by Crippen LogP contribution is -2.47. The van der Waals surface area contributed by atoms with Crippen molar-refractivity contribution < 1.29 is 9.90 Å². The van der Waals surface area contributed by atoms with E-state index >= 15 is 0 Å². The number of aryl methyl sites for hydroxylation is 1. The molecule has 0 unspecified atom stereocenters. The predicted molar refractivity (Wildman–Crippen MR) is 104 cm³/mol. The second kappa shape index (κ2) is 9.38. The molecule has 5 nitrogen and oxygen atoms in total. The average Bonchev–Trinajstić information content (AvgIpc) is 2.69. The number of hydrogen-bond donors (Lipinski definition) is 2. The van der Waals surface area contributed by atoms with E-state index < -0.39 is 0 Å². The Morgan fingerprint density at radius 1 is 1.19 bits per heavy atom. The first-order valence-electron chi connectivity index (χ1n) is 10.1. The molecule has 2 fully saturated rings. The molecule has 2 amide bonds. The largest absolute Gasteiger partial charge is 0.396 e. The van der Waals surface area contributed by atoms with Crippen LogP contribution in [0.15, 0.2) is 24.3 Å². The van der Waals surface area contributed by atoms with Crippen LogP contribution in [-0.4, -0.2) is 66.8 Å². The maximum Gasteiger partial charge on any atom is 0.317 e. The molecule has 0 radical (unpaired) electrons. The zero-order valence-electron chi connectivity index (χ0n) is 16.0. The molecule has 2 N–H and O–H groups in total. The van der Waals surface area contributed by atoms with Crippen LogP contribution >= 0.6 is 0 Å². The Hall–Kier alpha value is -1.59. The summed E-state index contributed by atoms with van der Waals surface area (Å²) in [5, 5.41) is 12.3. The van der Waals surface area contributed by atoms with E-state index in [2.05, 4.69) is 41.4 Å². The Labute approximate surface area is 157 Å². The lowest BCUT2D eigenvalue weighted by molar-refractivity contribution is 0.131. The van der Waals surface area contributed by atoms with E-state index in [1.54, 1.807) is 0 Å². The van der Waals surface area contributed by atoms with Crippen LogP contribution in [0.1, 0.15) is 42.7 Å². The van der Waals surface area contributed by atoms with Crippen LogP contribution in [0.4, 0.5) is 4.79 Å². The minimum Gasteiger partial charge on any atom is -0.396 e. The summed E-state index contributed by atoms with van der Waals surface area (Å²) < 4.78 is 0. The van der Waals surface area contributed by atoms with Gasteiger partial charge in [0.15, 0.2) is 0 Å². The van der Waals surface area contributed by atoms with E-state index in [1.807, 2.05) is 4.90 Å². The Kier molecular flexibility index (Phi) is 6.92. The highest BCUT2D eigenvalue weighted by Crippen LogP contribution is 2.28. The highest BCUT2D eigenvalue weighted by atomic mass is 16.3. The van der Waals surface area contributed by atoms with Crippen LogP contribution < -0.4 is 5.32 Å². The van der Waals surface area contributed by atoms with E-state index in [9.17, 15) is 9.90 Å². The lowest BCUT2D eigenvalue weighted by Gasteiger charge is -2.34. The summed E-state index contributed by atoms with van der Waals surface area (Å²) in [5.41, 5.74) is 2.71. The fourth-order valence-electron chi connectivity index (χ4n) is 4.29. The Morgan fingerprint density at radius 2 is 1.96 bits per heavy atom. The summed E-state index contributed by atoms with van der Waals surface area (Å²) in [6.07, 6.45) is 4.36. The number of hydrogen-bond acceptors (Lipinski definition) is 3. The highest BCUT2D eigenvalue weighted by Gasteiger charge is 2.25. The molecule has 1 atom stereocenters. The van der Waals surface area contributed by atoms with E-state index in [0.717, 1.165) is 58.4 Å². The summed E-state index contributed by atoms with van der Waals surface area (Å²) in [6, 6.07) is 8.62. The number of piperidine rings is 2. The number of carbonyl (C=O) groups excluding carboxylic acids is 1. The molecule has 2 aliphatic rings. The van der Waals surface area contributed by atoms with Gasteiger partial charge in [-0.1, -0.05) is 24.3 Å². The molecule has 0 bridgehead atoms. The van der Waals surface area contributed by atoms with Gasteiger partial charge in [-0.3, -0.25) is 0 Å². The van der Waals surface area contributed by atoms with Gasteiger partial charge in [-0.05, 0) is 62.7 Å². The monoisotopic (exact) mass is 359 g/mol. The van der Waals surface area contributed by atoms with Gasteiger partial charge in [0.2, 0.25) is 0 Å². The molecule has 2 saturated heterocycles. The third-order valence-electron chi connectivity index (χ3n) is 6.01. The van der Waals surface area contributed by atoms with Gasteiger partial charge in [-0.15, -0.1) is 0 Å². The van der Waals surface area contributed by atoms with Crippen molar-refractivity contribution in [1.82, 2.24) is 15.1 Å². The van der Waals surface area contributed by atoms with Gasteiger partial charge in [0.25, 0.3) is 0 Å². The van der Waals surface area contributed by atoms with Crippen molar-refractivity contribution in [2.24, 2.45) is 5.92 Å². The van der Waals surface area contributed by atoms with Crippen LogP contribution in [0, 0.1) is 12.8 Å². The zero-order valence-corrected chi connectivity index (χ0v) is 16.0. The molecular formula is C21H33N3O2. The second-order valence-corrected chi connectivity index (χ2v) is 7.84. The normalized spacial score (nSPS) is 22.4. The number of carbonyl (C=O) groups is 1. The molecule has 26 heavy (non-hydrogen) atoms. The molecule has 144 valence electrons. The zero-order chi connectivity index (χ0) is 18.4. The van der Waals surface area contributed by atoms with Gasteiger partial charge >= 0.3 is 6.03 Å². The molecule has 0 spiro atoms. The van der Waals surface area contributed by atoms with Crippen LogP contribution in [0.3, 0.4) is 0 Å². The molecule has 3 rings (SSSR count). The molecule has 1 aromatic carbocycles. The highest BCUT2D eigenvalue weighted by molar-refractivity contribution is 5.74. The van der Waals surface area contributed by atoms with Gasteiger partial charge in [-0.25, -0.2) is 4.79 Å². The van der Waals surface area contributed by atoms with E-state index in [1.165, 1.54) is 11.1 Å². The smallest absolute Gasteiger partial charge is 0.317 e. The first-order chi connectivity index (χ1) is 12.7. The number of likely N-dealkylation sites (tertiary alicyclic amines) is 2. The van der Waals surface area contributed by atoms with E-state index in [0.29, 0.717) is 25.0 Å². The van der Waals surface area contributed by atoms with Crippen LogP contribution in [0.2, 0.25) is 0 Å². The Bertz CT molecular complexity index is 584. The van der Waals surface area contributed by atoms with Gasteiger partial charge in [-0.2, -0.15) is 0 Å². The standard InChI is InChI=1S/C21H33N3O2/c1-17-5-2-3-7-20(17)19-6-4-11-24(15-19)21(26)22-10-14-23-12-8-18(16-25)9-13-23/h2-3,5,7,18-19,25H,4,6,8-16H2,1H3,(H,22,26)/t19-/m1/s1. The molecule has 0 saturated carbocycles. The van der Waals surface area contributed by atoms with Crippen molar-refractivity contribution in [1.29, 1.82) is 0 Å². The maximum atomic E-state index is 12.6. The van der Waals surface area contributed by atoms with Crippen LogP contribution in [0.5, 0.6) is 0 Å². The number of urea groups is 1. The fraction of sp³-hybridized carbons (Fsp3) is 0.667. The number of benzene rings is 1. The average molecular weight is 360 g/mol. The Morgan fingerprint density at radius 3 is 2.69 bits per heavy atom. The van der Waals surface area contributed by atoms with Crippen molar-refractivity contribution >= 4 is 6.03 Å². The fourth-order valence-corrected chi connectivity index (χ4v) is 4.29. The number of aliphatic hydroxyl groups excluding tert-OH is 1. The van der Waals surface area contributed by atoms with Gasteiger partial charge < -0.3 is 20.2 Å². The lowest BCUT2D eigenvalue weighted by atomic mass is 9.88. The molecular weight excluding hydrogens is 326 g/mol.